The fraction of sp³-hybridized carbons (Fsp3) is 0.348. The van der Waals surface area contributed by atoms with Crippen molar-refractivity contribution in [3.63, 3.8) is 0 Å². The molecule has 2 aliphatic heterocycles. The number of amides is 1. The van der Waals surface area contributed by atoms with Gasteiger partial charge in [-0.25, -0.2) is 0 Å². The second-order valence-corrected chi connectivity index (χ2v) is 8.64. The molecule has 0 aliphatic carbocycles. The summed E-state index contributed by atoms with van der Waals surface area (Å²) < 4.78 is 0. The molecule has 0 radical (unpaired) electrons. The topological polar surface area (TPSA) is 38.8 Å². The quantitative estimate of drug-likeness (QED) is 0.781. The molecule has 2 heterocycles. The van der Waals surface area contributed by atoms with Crippen molar-refractivity contribution in [3.8, 4) is 0 Å². The van der Waals surface area contributed by atoms with E-state index in [1.807, 2.05) is 50.3 Å². The zero-order chi connectivity index (χ0) is 20.6. The molecule has 0 atom stereocenters. The fourth-order valence-electron chi connectivity index (χ4n) is 4.04. The van der Waals surface area contributed by atoms with Crippen molar-refractivity contribution >= 4 is 35.0 Å². The summed E-state index contributed by atoms with van der Waals surface area (Å²) in [5, 5.41) is 4.06. The van der Waals surface area contributed by atoms with Gasteiger partial charge in [-0.15, -0.1) is 0 Å². The number of likely N-dealkylation sites (N-methyl/N-ethyl adjacent to an activating group) is 1. The first-order valence-corrected chi connectivity index (χ1v) is 10.4. The van der Waals surface area contributed by atoms with E-state index in [-0.39, 0.29) is 5.91 Å². The SMILES string of the molecule is CN1CCN(c2ccccc2/C=C2/NC(C)(C)N(c3ccc(Cl)cc3)C2=O)CC1. The number of benzene rings is 2. The van der Waals surface area contributed by atoms with Gasteiger partial charge in [0, 0.05) is 48.1 Å². The zero-order valence-corrected chi connectivity index (χ0v) is 17.9. The van der Waals surface area contributed by atoms with E-state index in [4.69, 9.17) is 11.6 Å². The molecule has 0 aromatic heterocycles. The van der Waals surface area contributed by atoms with Crippen molar-refractivity contribution in [1.82, 2.24) is 10.2 Å². The third-order valence-electron chi connectivity index (χ3n) is 5.60. The number of carbonyl (C=O) groups is 1. The molecule has 0 unspecified atom stereocenters. The monoisotopic (exact) mass is 410 g/mol. The van der Waals surface area contributed by atoms with Crippen molar-refractivity contribution in [3.05, 3.63) is 64.8 Å². The van der Waals surface area contributed by atoms with E-state index in [1.165, 1.54) is 5.69 Å². The van der Waals surface area contributed by atoms with Crippen molar-refractivity contribution in [1.29, 1.82) is 0 Å². The number of halogens is 1. The lowest BCUT2D eigenvalue weighted by Crippen LogP contribution is -2.47. The number of hydrogen-bond acceptors (Lipinski definition) is 4. The number of hydrogen-bond donors (Lipinski definition) is 1. The molecule has 0 saturated carbocycles. The van der Waals surface area contributed by atoms with Gasteiger partial charge in [0.05, 0.1) is 0 Å². The highest BCUT2D eigenvalue weighted by atomic mass is 35.5. The molecular formula is C23H27ClN4O. The van der Waals surface area contributed by atoms with Gasteiger partial charge in [-0.05, 0) is 57.3 Å². The number of carbonyl (C=O) groups excluding carboxylic acids is 1. The van der Waals surface area contributed by atoms with Gasteiger partial charge in [-0.2, -0.15) is 0 Å². The van der Waals surface area contributed by atoms with Crippen molar-refractivity contribution in [2.45, 2.75) is 19.5 Å². The van der Waals surface area contributed by atoms with Crippen LogP contribution < -0.4 is 15.1 Å². The smallest absolute Gasteiger partial charge is 0.276 e. The molecule has 2 aromatic rings. The van der Waals surface area contributed by atoms with E-state index in [2.05, 4.69) is 40.4 Å². The Kier molecular flexibility index (Phi) is 5.28. The summed E-state index contributed by atoms with van der Waals surface area (Å²) in [5.74, 6) is -0.0366. The molecule has 2 aromatic carbocycles. The Morgan fingerprint density at radius 1 is 1.00 bits per heavy atom. The molecule has 4 rings (SSSR count). The summed E-state index contributed by atoms with van der Waals surface area (Å²) in [6.45, 7) is 8.07. The average Bonchev–Trinajstić information content (AvgIpc) is 2.92. The van der Waals surface area contributed by atoms with Gasteiger partial charge in [-0.1, -0.05) is 29.8 Å². The molecule has 0 bridgehead atoms. The molecule has 2 aliphatic rings. The van der Waals surface area contributed by atoms with Crippen LogP contribution in [0.4, 0.5) is 11.4 Å². The molecule has 1 amide bonds. The van der Waals surface area contributed by atoms with Crippen LogP contribution in [-0.2, 0) is 4.79 Å². The van der Waals surface area contributed by atoms with Gasteiger partial charge in [-0.3, -0.25) is 9.69 Å². The highest BCUT2D eigenvalue weighted by molar-refractivity contribution is 6.30. The van der Waals surface area contributed by atoms with Crippen LogP contribution in [0, 0.1) is 0 Å². The Morgan fingerprint density at radius 2 is 1.66 bits per heavy atom. The Labute approximate surface area is 177 Å². The number of nitrogens with zero attached hydrogens (tertiary/aromatic N) is 3. The predicted octanol–water partition coefficient (Wildman–Crippen LogP) is 3.81. The fourth-order valence-corrected chi connectivity index (χ4v) is 4.17. The van der Waals surface area contributed by atoms with E-state index in [0.29, 0.717) is 10.7 Å². The molecule has 2 saturated heterocycles. The Bertz CT molecular complexity index is 930. The minimum absolute atomic E-state index is 0.0366. The van der Waals surface area contributed by atoms with E-state index >= 15 is 0 Å². The molecule has 29 heavy (non-hydrogen) atoms. The van der Waals surface area contributed by atoms with Crippen molar-refractivity contribution in [2.75, 3.05) is 43.0 Å². The second-order valence-electron chi connectivity index (χ2n) is 8.21. The summed E-state index contributed by atoms with van der Waals surface area (Å²) in [6, 6.07) is 15.7. The standard InChI is InChI=1S/C23H27ClN4O/c1-23(2)25-20(22(29)28(23)19-10-8-18(24)9-11-19)16-17-6-4-5-7-21(17)27-14-12-26(3)13-15-27/h4-11,16,25H,12-15H2,1-3H3/b20-16+. The Balaban J connectivity index is 1.66. The van der Waals surface area contributed by atoms with Crippen LogP contribution in [0.3, 0.4) is 0 Å². The van der Waals surface area contributed by atoms with E-state index < -0.39 is 5.66 Å². The van der Waals surface area contributed by atoms with Crippen LogP contribution in [0.1, 0.15) is 19.4 Å². The molecule has 0 spiro atoms. The highest BCUT2D eigenvalue weighted by Gasteiger charge is 2.41. The van der Waals surface area contributed by atoms with E-state index in [9.17, 15) is 4.79 Å². The summed E-state index contributed by atoms with van der Waals surface area (Å²) in [6.07, 6.45) is 1.98. The number of nitrogens with one attached hydrogen (secondary N) is 1. The maximum absolute atomic E-state index is 13.3. The molecule has 2 fully saturated rings. The number of anilines is 2. The lowest BCUT2D eigenvalue weighted by molar-refractivity contribution is -0.114. The largest absolute Gasteiger partial charge is 0.368 e. The summed E-state index contributed by atoms with van der Waals surface area (Å²) in [5.41, 5.74) is 3.13. The normalized spacial score (nSPS) is 21.0. The highest BCUT2D eigenvalue weighted by Crippen LogP contribution is 2.33. The van der Waals surface area contributed by atoms with Crippen LogP contribution in [0.15, 0.2) is 54.2 Å². The molecular weight excluding hydrogens is 384 g/mol. The van der Waals surface area contributed by atoms with Gasteiger partial charge >= 0.3 is 0 Å². The first-order valence-electron chi connectivity index (χ1n) is 9.98. The molecule has 1 N–H and O–H groups in total. The number of piperazine rings is 1. The van der Waals surface area contributed by atoms with E-state index in [0.717, 1.165) is 37.4 Å². The van der Waals surface area contributed by atoms with Crippen LogP contribution in [0.25, 0.3) is 6.08 Å². The summed E-state index contributed by atoms with van der Waals surface area (Å²) in [4.78, 5) is 19.8. The van der Waals surface area contributed by atoms with Crippen LogP contribution >= 0.6 is 11.6 Å². The van der Waals surface area contributed by atoms with Gasteiger partial charge in [0.25, 0.3) is 5.91 Å². The lowest BCUT2D eigenvalue weighted by Gasteiger charge is -2.35. The maximum Gasteiger partial charge on any atom is 0.276 e. The van der Waals surface area contributed by atoms with E-state index in [1.54, 1.807) is 4.90 Å². The summed E-state index contributed by atoms with van der Waals surface area (Å²) >= 11 is 6.02. The van der Waals surface area contributed by atoms with Gasteiger partial charge < -0.3 is 15.1 Å². The third kappa shape index (κ3) is 3.98. The van der Waals surface area contributed by atoms with Crippen LogP contribution in [0.5, 0.6) is 0 Å². The van der Waals surface area contributed by atoms with Crippen molar-refractivity contribution < 1.29 is 4.79 Å². The number of para-hydroxylation sites is 1. The summed E-state index contributed by atoms with van der Waals surface area (Å²) in [7, 11) is 2.15. The molecule has 152 valence electrons. The Hall–Kier alpha value is -2.50. The van der Waals surface area contributed by atoms with Crippen LogP contribution in [-0.4, -0.2) is 49.7 Å². The average molecular weight is 411 g/mol. The second kappa shape index (κ2) is 7.73. The number of rotatable bonds is 3. The van der Waals surface area contributed by atoms with Crippen molar-refractivity contribution in [2.24, 2.45) is 0 Å². The zero-order valence-electron chi connectivity index (χ0n) is 17.2. The van der Waals surface area contributed by atoms with Crippen LogP contribution in [0.2, 0.25) is 5.02 Å². The first-order chi connectivity index (χ1) is 13.8. The Morgan fingerprint density at radius 3 is 2.34 bits per heavy atom. The third-order valence-corrected chi connectivity index (χ3v) is 5.85. The molecule has 6 heteroatoms. The predicted molar refractivity (Wildman–Crippen MR) is 120 cm³/mol. The van der Waals surface area contributed by atoms with Gasteiger partial charge in [0.15, 0.2) is 0 Å². The first kappa shape index (κ1) is 19.8. The minimum atomic E-state index is -0.528. The minimum Gasteiger partial charge on any atom is -0.368 e. The van der Waals surface area contributed by atoms with Gasteiger partial charge in [0.1, 0.15) is 11.4 Å². The maximum atomic E-state index is 13.3. The van der Waals surface area contributed by atoms with Gasteiger partial charge in [0.2, 0.25) is 0 Å². The molecule has 5 nitrogen and oxygen atoms in total. The lowest BCUT2D eigenvalue weighted by atomic mass is 10.1.